The fraction of sp³-hybridized carbons (Fsp3) is 0.562. The van der Waals surface area contributed by atoms with Gasteiger partial charge in [0, 0.05) is 32.9 Å². The maximum Gasteiger partial charge on any atom is 0.415 e. The van der Waals surface area contributed by atoms with Gasteiger partial charge in [-0.15, -0.1) is 0 Å². The zero-order chi connectivity index (χ0) is 14.7. The Bertz CT molecular complexity index is 468. The summed E-state index contributed by atoms with van der Waals surface area (Å²) in [4.78, 5) is 16.0. The molecule has 1 aromatic rings. The lowest BCUT2D eigenvalue weighted by Crippen LogP contribution is -2.37. The standard InChI is InChI=1S/C16H24N2O2/c1-12-10-14(11-13(2)15(12)17(3)4)20-16(19)18-8-6-5-7-9-18/h10-11H,5-9H2,1-4H3. The Labute approximate surface area is 121 Å². The summed E-state index contributed by atoms with van der Waals surface area (Å²) in [6.07, 6.45) is 3.14. The monoisotopic (exact) mass is 276 g/mol. The number of carbonyl (C=O) groups excluding carboxylic acids is 1. The summed E-state index contributed by atoms with van der Waals surface area (Å²) in [5.74, 6) is 0.640. The number of hydrogen-bond acceptors (Lipinski definition) is 3. The summed E-state index contributed by atoms with van der Waals surface area (Å²) < 4.78 is 5.52. The van der Waals surface area contributed by atoms with Gasteiger partial charge in [0.25, 0.3) is 0 Å². The van der Waals surface area contributed by atoms with Crippen LogP contribution in [0.15, 0.2) is 12.1 Å². The van der Waals surface area contributed by atoms with Crippen LogP contribution in [-0.4, -0.2) is 38.2 Å². The number of benzene rings is 1. The normalized spacial score (nSPS) is 15.1. The molecule has 0 atom stereocenters. The number of amides is 1. The van der Waals surface area contributed by atoms with Crippen molar-refractivity contribution in [3.8, 4) is 5.75 Å². The minimum Gasteiger partial charge on any atom is -0.410 e. The summed E-state index contributed by atoms with van der Waals surface area (Å²) in [7, 11) is 4.05. The summed E-state index contributed by atoms with van der Waals surface area (Å²) >= 11 is 0. The van der Waals surface area contributed by atoms with Gasteiger partial charge in [-0.1, -0.05) is 0 Å². The van der Waals surface area contributed by atoms with Gasteiger partial charge in [-0.25, -0.2) is 4.79 Å². The highest BCUT2D eigenvalue weighted by atomic mass is 16.6. The number of aryl methyl sites for hydroxylation is 2. The van der Waals surface area contributed by atoms with Crippen LogP contribution in [-0.2, 0) is 0 Å². The van der Waals surface area contributed by atoms with E-state index in [0.29, 0.717) is 5.75 Å². The van der Waals surface area contributed by atoms with Crippen molar-refractivity contribution in [3.63, 3.8) is 0 Å². The van der Waals surface area contributed by atoms with Crippen LogP contribution in [0.4, 0.5) is 10.5 Å². The van der Waals surface area contributed by atoms with Crippen molar-refractivity contribution in [1.29, 1.82) is 0 Å². The largest absolute Gasteiger partial charge is 0.415 e. The molecule has 1 saturated heterocycles. The van der Waals surface area contributed by atoms with E-state index < -0.39 is 0 Å². The van der Waals surface area contributed by atoms with Gasteiger partial charge in [0.1, 0.15) is 5.75 Å². The second kappa shape index (κ2) is 6.16. The Morgan fingerprint density at radius 2 is 1.65 bits per heavy atom. The van der Waals surface area contributed by atoms with E-state index in [0.717, 1.165) is 37.1 Å². The smallest absolute Gasteiger partial charge is 0.410 e. The van der Waals surface area contributed by atoms with Gasteiger partial charge in [0.05, 0.1) is 0 Å². The number of carbonyl (C=O) groups is 1. The Morgan fingerprint density at radius 1 is 1.10 bits per heavy atom. The number of nitrogens with zero attached hydrogens (tertiary/aromatic N) is 2. The van der Waals surface area contributed by atoms with E-state index in [4.69, 9.17) is 4.74 Å². The third-order valence-corrected chi connectivity index (χ3v) is 3.73. The minimum atomic E-state index is -0.221. The van der Waals surface area contributed by atoms with Crippen LogP contribution in [0.2, 0.25) is 0 Å². The van der Waals surface area contributed by atoms with Crippen molar-refractivity contribution in [2.45, 2.75) is 33.1 Å². The Balaban J connectivity index is 2.11. The quantitative estimate of drug-likeness (QED) is 0.830. The number of ether oxygens (including phenoxy) is 1. The summed E-state index contributed by atoms with van der Waals surface area (Å²) in [6.45, 7) is 5.71. The second-order valence-corrected chi connectivity index (χ2v) is 5.72. The molecular formula is C16H24N2O2. The average molecular weight is 276 g/mol. The minimum absolute atomic E-state index is 0.221. The van der Waals surface area contributed by atoms with Crippen molar-refractivity contribution in [2.75, 3.05) is 32.1 Å². The van der Waals surface area contributed by atoms with Crippen LogP contribution in [0.25, 0.3) is 0 Å². The number of likely N-dealkylation sites (tertiary alicyclic amines) is 1. The van der Waals surface area contributed by atoms with E-state index in [-0.39, 0.29) is 6.09 Å². The first-order valence-corrected chi connectivity index (χ1v) is 7.24. The molecule has 0 unspecified atom stereocenters. The first-order valence-electron chi connectivity index (χ1n) is 7.24. The SMILES string of the molecule is Cc1cc(OC(=O)N2CCCCC2)cc(C)c1N(C)C. The fourth-order valence-electron chi connectivity index (χ4n) is 2.92. The van der Waals surface area contributed by atoms with E-state index >= 15 is 0 Å². The van der Waals surface area contributed by atoms with E-state index in [2.05, 4.69) is 4.90 Å². The lowest BCUT2D eigenvalue weighted by molar-refractivity contribution is 0.142. The molecule has 0 aliphatic carbocycles. The van der Waals surface area contributed by atoms with Crippen molar-refractivity contribution in [2.24, 2.45) is 0 Å². The Hall–Kier alpha value is -1.71. The molecule has 0 aromatic heterocycles. The molecule has 2 rings (SSSR count). The number of hydrogen-bond donors (Lipinski definition) is 0. The molecule has 0 spiro atoms. The predicted octanol–water partition coefficient (Wildman–Crippen LogP) is 3.35. The van der Waals surface area contributed by atoms with Crippen LogP contribution in [0.5, 0.6) is 5.75 Å². The lowest BCUT2D eigenvalue weighted by Gasteiger charge is -2.26. The summed E-state index contributed by atoms with van der Waals surface area (Å²) in [5, 5.41) is 0. The fourth-order valence-corrected chi connectivity index (χ4v) is 2.92. The lowest BCUT2D eigenvalue weighted by atomic mass is 10.1. The topological polar surface area (TPSA) is 32.8 Å². The van der Waals surface area contributed by atoms with Gasteiger partial charge < -0.3 is 14.5 Å². The molecule has 1 amide bonds. The molecule has 20 heavy (non-hydrogen) atoms. The van der Waals surface area contributed by atoms with Crippen molar-refractivity contribution >= 4 is 11.8 Å². The summed E-state index contributed by atoms with van der Waals surface area (Å²) in [6, 6.07) is 3.87. The number of piperidine rings is 1. The van der Waals surface area contributed by atoms with Crippen LogP contribution in [0.1, 0.15) is 30.4 Å². The predicted molar refractivity (Wildman–Crippen MR) is 81.7 cm³/mol. The molecule has 1 heterocycles. The van der Waals surface area contributed by atoms with Gasteiger partial charge in [-0.05, 0) is 56.4 Å². The van der Waals surface area contributed by atoms with E-state index in [9.17, 15) is 4.79 Å². The molecule has 4 heteroatoms. The maximum atomic E-state index is 12.1. The van der Waals surface area contributed by atoms with Crippen LogP contribution >= 0.6 is 0 Å². The molecule has 0 N–H and O–H groups in total. The van der Waals surface area contributed by atoms with E-state index in [1.807, 2.05) is 40.1 Å². The van der Waals surface area contributed by atoms with Gasteiger partial charge in [0.15, 0.2) is 0 Å². The molecule has 0 bridgehead atoms. The molecule has 110 valence electrons. The number of rotatable bonds is 2. The molecule has 1 aliphatic rings. The van der Waals surface area contributed by atoms with Crippen molar-refractivity contribution < 1.29 is 9.53 Å². The highest BCUT2D eigenvalue weighted by molar-refractivity contribution is 5.72. The molecule has 1 aliphatic heterocycles. The average Bonchev–Trinajstić information content (AvgIpc) is 2.38. The van der Waals surface area contributed by atoms with Crippen molar-refractivity contribution in [3.05, 3.63) is 23.3 Å². The van der Waals surface area contributed by atoms with Gasteiger partial charge >= 0.3 is 6.09 Å². The third-order valence-electron chi connectivity index (χ3n) is 3.73. The third kappa shape index (κ3) is 3.24. The Morgan fingerprint density at radius 3 is 2.15 bits per heavy atom. The van der Waals surface area contributed by atoms with E-state index in [1.54, 1.807) is 4.90 Å². The Kier molecular flexibility index (Phi) is 4.53. The molecule has 0 saturated carbocycles. The molecule has 0 radical (unpaired) electrons. The van der Waals surface area contributed by atoms with Crippen LogP contribution in [0.3, 0.4) is 0 Å². The number of anilines is 1. The zero-order valence-corrected chi connectivity index (χ0v) is 12.9. The van der Waals surface area contributed by atoms with Crippen LogP contribution < -0.4 is 9.64 Å². The van der Waals surface area contributed by atoms with Gasteiger partial charge in [-0.2, -0.15) is 0 Å². The van der Waals surface area contributed by atoms with Crippen molar-refractivity contribution in [1.82, 2.24) is 4.90 Å². The highest BCUT2D eigenvalue weighted by Gasteiger charge is 2.19. The first-order chi connectivity index (χ1) is 9.49. The van der Waals surface area contributed by atoms with Gasteiger partial charge in [-0.3, -0.25) is 0 Å². The second-order valence-electron chi connectivity index (χ2n) is 5.72. The summed E-state index contributed by atoms with van der Waals surface area (Å²) in [5.41, 5.74) is 3.43. The van der Waals surface area contributed by atoms with Crippen LogP contribution in [0, 0.1) is 13.8 Å². The van der Waals surface area contributed by atoms with E-state index in [1.165, 1.54) is 12.1 Å². The molecule has 1 aromatic carbocycles. The maximum absolute atomic E-state index is 12.1. The molecule has 4 nitrogen and oxygen atoms in total. The van der Waals surface area contributed by atoms with Gasteiger partial charge in [0.2, 0.25) is 0 Å². The first kappa shape index (κ1) is 14.7. The zero-order valence-electron chi connectivity index (χ0n) is 12.9. The molecular weight excluding hydrogens is 252 g/mol. The molecule has 1 fully saturated rings. The highest BCUT2D eigenvalue weighted by Crippen LogP contribution is 2.28.